The van der Waals surface area contributed by atoms with Crippen LogP contribution in [0.1, 0.15) is 20.8 Å². The van der Waals surface area contributed by atoms with Crippen molar-refractivity contribution in [2.45, 2.75) is 26.4 Å². The molecule has 2 rings (SSSR count). The van der Waals surface area contributed by atoms with E-state index < -0.39 is 11.7 Å². The van der Waals surface area contributed by atoms with Gasteiger partial charge in [-0.25, -0.2) is 14.3 Å². The molecule has 5 nitrogen and oxygen atoms in total. The lowest BCUT2D eigenvalue weighted by Crippen LogP contribution is -2.26. The molecule has 0 aromatic carbocycles. The van der Waals surface area contributed by atoms with Crippen molar-refractivity contribution in [2.24, 2.45) is 0 Å². The first-order valence-electron chi connectivity index (χ1n) is 5.37. The Balaban J connectivity index is 2.48. The molecule has 2 aromatic rings. The molecular weight excluding hydrogens is 347 g/mol. The van der Waals surface area contributed by atoms with Crippen LogP contribution in [0.2, 0.25) is 0 Å². The first-order chi connectivity index (χ1) is 8.29. The van der Waals surface area contributed by atoms with Crippen molar-refractivity contribution in [1.29, 1.82) is 0 Å². The number of aromatic nitrogens is 2. The minimum Gasteiger partial charge on any atom is -0.505 e. The minimum atomic E-state index is -0.558. The van der Waals surface area contributed by atoms with Gasteiger partial charge < -0.3 is 9.84 Å². The fourth-order valence-corrected chi connectivity index (χ4v) is 2.06. The monoisotopic (exact) mass is 360 g/mol. The van der Waals surface area contributed by atoms with Gasteiger partial charge in [-0.1, -0.05) is 0 Å². The molecule has 0 aliphatic carbocycles. The highest BCUT2D eigenvalue weighted by molar-refractivity contribution is 14.1. The molecule has 0 aliphatic heterocycles. The van der Waals surface area contributed by atoms with E-state index in [0.29, 0.717) is 9.22 Å². The van der Waals surface area contributed by atoms with Crippen LogP contribution in [-0.2, 0) is 4.74 Å². The van der Waals surface area contributed by atoms with Crippen molar-refractivity contribution in [1.82, 2.24) is 9.55 Å². The third-order valence-electron chi connectivity index (χ3n) is 2.22. The lowest BCUT2D eigenvalue weighted by molar-refractivity contribution is 0.0543. The Bertz CT molecular complexity index is 614. The second-order valence-electron chi connectivity index (χ2n) is 4.86. The molecule has 0 unspecified atom stereocenters. The van der Waals surface area contributed by atoms with Crippen LogP contribution in [0.3, 0.4) is 0 Å². The van der Waals surface area contributed by atoms with Crippen molar-refractivity contribution in [3.05, 3.63) is 22.0 Å². The zero-order valence-electron chi connectivity index (χ0n) is 10.3. The average Bonchev–Trinajstić information content (AvgIpc) is 2.65. The summed E-state index contributed by atoms with van der Waals surface area (Å²) in [4.78, 5) is 16.0. The zero-order chi connectivity index (χ0) is 13.5. The molecule has 0 atom stereocenters. The van der Waals surface area contributed by atoms with Crippen molar-refractivity contribution in [2.75, 3.05) is 0 Å². The number of halogens is 1. The summed E-state index contributed by atoms with van der Waals surface area (Å²) in [6, 6.07) is 1.73. The molecular formula is C12H13IN2O3. The van der Waals surface area contributed by atoms with Crippen LogP contribution in [-0.4, -0.2) is 26.4 Å². The van der Waals surface area contributed by atoms with Crippen LogP contribution < -0.4 is 0 Å². The topological polar surface area (TPSA) is 64.3 Å². The van der Waals surface area contributed by atoms with Crippen molar-refractivity contribution in [3.63, 3.8) is 0 Å². The van der Waals surface area contributed by atoms with Gasteiger partial charge in [-0.2, -0.15) is 0 Å². The van der Waals surface area contributed by atoms with Gasteiger partial charge in [-0.3, -0.25) is 0 Å². The molecule has 0 spiro atoms. The number of aromatic hydroxyl groups is 1. The Hall–Kier alpha value is -1.31. The normalized spacial score (nSPS) is 11.8. The van der Waals surface area contributed by atoms with Crippen molar-refractivity contribution < 1.29 is 14.6 Å². The third kappa shape index (κ3) is 2.43. The lowest BCUT2D eigenvalue weighted by Gasteiger charge is -2.19. The van der Waals surface area contributed by atoms with Gasteiger partial charge in [0.05, 0.1) is 9.77 Å². The van der Waals surface area contributed by atoms with Crippen LogP contribution in [0.15, 0.2) is 18.5 Å². The third-order valence-corrected chi connectivity index (χ3v) is 3.35. The molecule has 2 heterocycles. The number of carbonyl (C=O) groups is 1. The van der Waals surface area contributed by atoms with Gasteiger partial charge in [0.1, 0.15) is 11.4 Å². The van der Waals surface area contributed by atoms with E-state index in [1.807, 2.05) is 22.6 Å². The minimum absolute atomic E-state index is 0.102. The SMILES string of the molecule is CC(C)(C)OC(=O)n1ccc2c(I)c(O)cnc21. The zero-order valence-corrected chi connectivity index (χ0v) is 12.4. The molecule has 0 saturated carbocycles. The molecule has 18 heavy (non-hydrogen) atoms. The standard InChI is InChI=1S/C12H13IN2O3/c1-12(2,3)18-11(17)15-5-4-7-9(13)8(16)6-14-10(7)15/h4-6,16H,1-3H3. The molecule has 0 bridgehead atoms. The number of pyridine rings is 1. The van der Waals surface area contributed by atoms with Gasteiger partial charge in [0.15, 0.2) is 5.65 Å². The van der Waals surface area contributed by atoms with Crippen molar-refractivity contribution in [3.8, 4) is 5.75 Å². The van der Waals surface area contributed by atoms with E-state index in [2.05, 4.69) is 4.98 Å². The van der Waals surface area contributed by atoms with Crippen LogP contribution >= 0.6 is 22.6 Å². The first-order valence-corrected chi connectivity index (χ1v) is 6.45. The van der Waals surface area contributed by atoms with Gasteiger partial charge in [0.25, 0.3) is 0 Å². The Kier molecular flexibility index (Phi) is 3.22. The van der Waals surface area contributed by atoms with E-state index in [1.54, 1.807) is 33.0 Å². The number of nitrogens with zero attached hydrogens (tertiary/aromatic N) is 2. The van der Waals surface area contributed by atoms with Gasteiger partial charge in [-0.05, 0) is 49.4 Å². The van der Waals surface area contributed by atoms with E-state index in [4.69, 9.17) is 4.74 Å². The number of carbonyl (C=O) groups excluding carboxylic acids is 1. The summed E-state index contributed by atoms with van der Waals surface area (Å²) in [5, 5.41) is 10.3. The number of ether oxygens (including phenoxy) is 1. The average molecular weight is 360 g/mol. The Morgan fingerprint density at radius 1 is 1.50 bits per heavy atom. The van der Waals surface area contributed by atoms with Crippen LogP contribution in [0.25, 0.3) is 11.0 Å². The quantitative estimate of drug-likeness (QED) is 0.734. The summed E-state index contributed by atoms with van der Waals surface area (Å²) in [5.74, 6) is 0.102. The Morgan fingerprint density at radius 2 is 2.17 bits per heavy atom. The first kappa shape index (κ1) is 13.1. The van der Waals surface area contributed by atoms with E-state index >= 15 is 0 Å². The summed E-state index contributed by atoms with van der Waals surface area (Å²) in [5.41, 5.74) is -0.0796. The summed E-state index contributed by atoms with van der Waals surface area (Å²) < 4.78 is 7.28. The molecule has 0 amide bonds. The fourth-order valence-electron chi connectivity index (χ4n) is 1.50. The molecule has 0 aliphatic rings. The second kappa shape index (κ2) is 4.42. The molecule has 1 N–H and O–H groups in total. The predicted molar refractivity (Wildman–Crippen MR) is 75.7 cm³/mol. The summed E-state index contributed by atoms with van der Waals surface area (Å²) in [6.45, 7) is 5.42. The van der Waals surface area contributed by atoms with E-state index in [-0.39, 0.29) is 5.75 Å². The molecule has 0 radical (unpaired) electrons. The highest BCUT2D eigenvalue weighted by Gasteiger charge is 2.20. The number of rotatable bonds is 0. The van der Waals surface area contributed by atoms with E-state index in [1.165, 1.54) is 10.8 Å². The highest BCUT2D eigenvalue weighted by Crippen LogP contribution is 2.27. The molecule has 96 valence electrons. The van der Waals surface area contributed by atoms with Crippen molar-refractivity contribution >= 4 is 39.7 Å². The summed E-state index contributed by atoms with van der Waals surface area (Å²) in [6.07, 6.45) is 2.43. The van der Waals surface area contributed by atoms with Crippen LogP contribution in [0, 0.1) is 3.57 Å². The van der Waals surface area contributed by atoms with Gasteiger partial charge in [0, 0.05) is 11.6 Å². The highest BCUT2D eigenvalue weighted by atomic mass is 127. The number of fused-ring (bicyclic) bond motifs is 1. The fraction of sp³-hybridized carbons (Fsp3) is 0.333. The van der Waals surface area contributed by atoms with E-state index in [0.717, 1.165) is 5.39 Å². The smallest absolute Gasteiger partial charge is 0.420 e. The molecule has 6 heteroatoms. The number of hydrogen-bond acceptors (Lipinski definition) is 4. The maximum absolute atomic E-state index is 12.0. The predicted octanol–water partition coefficient (Wildman–Crippen LogP) is 3.13. The second-order valence-corrected chi connectivity index (χ2v) is 5.94. The molecule has 2 aromatic heterocycles. The lowest BCUT2D eigenvalue weighted by atomic mass is 10.2. The molecule has 0 fully saturated rings. The summed E-state index contributed by atoms with van der Waals surface area (Å²) >= 11 is 2.01. The summed E-state index contributed by atoms with van der Waals surface area (Å²) in [7, 11) is 0. The number of hydrogen-bond donors (Lipinski definition) is 1. The van der Waals surface area contributed by atoms with Gasteiger partial charge >= 0.3 is 6.09 Å². The van der Waals surface area contributed by atoms with Gasteiger partial charge in [-0.15, -0.1) is 0 Å². The Labute approximate surface area is 118 Å². The van der Waals surface area contributed by atoms with Crippen LogP contribution in [0.5, 0.6) is 5.75 Å². The maximum Gasteiger partial charge on any atom is 0.420 e. The van der Waals surface area contributed by atoms with Crippen LogP contribution in [0.4, 0.5) is 4.79 Å². The maximum atomic E-state index is 12.0. The van der Waals surface area contributed by atoms with Gasteiger partial charge in [0.2, 0.25) is 0 Å². The Morgan fingerprint density at radius 3 is 2.78 bits per heavy atom. The largest absolute Gasteiger partial charge is 0.505 e. The molecule has 0 saturated heterocycles. The van der Waals surface area contributed by atoms with E-state index in [9.17, 15) is 9.90 Å².